The quantitative estimate of drug-likeness (QED) is 0.345. The van der Waals surface area contributed by atoms with Crippen molar-refractivity contribution in [3.8, 4) is 5.75 Å². The van der Waals surface area contributed by atoms with E-state index in [1.54, 1.807) is 4.90 Å². The lowest BCUT2D eigenvalue weighted by molar-refractivity contribution is -0.384. The van der Waals surface area contributed by atoms with Crippen LogP contribution in [-0.4, -0.2) is 28.2 Å². The molecular weight excluding hydrogens is 372 g/mol. The van der Waals surface area contributed by atoms with Crippen LogP contribution in [0.4, 0.5) is 5.69 Å². The number of benzene rings is 2. The third-order valence-corrected chi connectivity index (χ3v) is 4.83. The molecule has 1 aliphatic heterocycles. The Morgan fingerprint density at radius 2 is 2.04 bits per heavy atom. The highest BCUT2D eigenvalue weighted by Crippen LogP contribution is 2.33. The van der Waals surface area contributed by atoms with Crippen LogP contribution in [0.1, 0.15) is 30.5 Å². The standard InChI is InChI=1S/C19H17ClN2O5/c1-12(23)21-9-8-13-4-2-3-5-15(13)18(21)11-19(24)27-14-6-7-17(22(25)26)16(20)10-14/h2-7,10,18H,8-9,11H2,1H3. The zero-order chi connectivity index (χ0) is 19.6. The number of nitro groups is 1. The summed E-state index contributed by atoms with van der Waals surface area (Å²) in [7, 11) is 0. The first-order valence-electron chi connectivity index (χ1n) is 8.36. The SMILES string of the molecule is CC(=O)N1CCc2ccccc2C1CC(=O)Oc1ccc([N+](=O)[O-])c(Cl)c1. The van der Waals surface area contributed by atoms with Crippen molar-refractivity contribution in [2.45, 2.75) is 25.8 Å². The Morgan fingerprint density at radius 1 is 1.30 bits per heavy atom. The average Bonchev–Trinajstić information content (AvgIpc) is 2.61. The van der Waals surface area contributed by atoms with Crippen molar-refractivity contribution in [1.82, 2.24) is 4.90 Å². The van der Waals surface area contributed by atoms with Gasteiger partial charge in [0.2, 0.25) is 5.91 Å². The number of hydrogen-bond acceptors (Lipinski definition) is 5. The molecule has 0 saturated carbocycles. The second-order valence-corrected chi connectivity index (χ2v) is 6.63. The molecule has 0 aromatic heterocycles. The molecule has 7 nitrogen and oxygen atoms in total. The number of fused-ring (bicyclic) bond motifs is 1. The summed E-state index contributed by atoms with van der Waals surface area (Å²) in [6.07, 6.45) is 0.713. The van der Waals surface area contributed by atoms with Gasteiger partial charge in [-0.3, -0.25) is 19.7 Å². The smallest absolute Gasteiger partial charge is 0.313 e. The molecule has 0 bridgehead atoms. The maximum atomic E-state index is 12.5. The van der Waals surface area contributed by atoms with Gasteiger partial charge in [-0.1, -0.05) is 35.9 Å². The fourth-order valence-corrected chi connectivity index (χ4v) is 3.52. The van der Waals surface area contributed by atoms with Crippen LogP contribution in [0.2, 0.25) is 5.02 Å². The lowest BCUT2D eigenvalue weighted by Gasteiger charge is -2.36. The van der Waals surface area contributed by atoms with Crippen LogP contribution in [-0.2, 0) is 16.0 Å². The fourth-order valence-electron chi connectivity index (χ4n) is 3.28. The highest BCUT2D eigenvalue weighted by atomic mass is 35.5. The summed E-state index contributed by atoms with van der Waals surface area (Å²) in [6.45, 7) is 2.01. The van der Waals surface area contributed by atoms with E-state index in [4.69, 9.17) is 16.3 Å². The lowest BCUT2D eigenvalue weighted by atomic mass is 9.90. The van der Waals surface area contributed by atoms with E-state index < -0.39 is 16.9 Å². The highest BCUT2D eigenvalue weighted by molar-refractivity contribution is 6.32. The molecule has 1 aliphatic rings. The molecule has 1 amide bonds. The van der Waals surface area contributed by atoms with Crippen molar-refractivity contribution in [2.24, 2.45) is 0 Å². The van der Waals surface area contributed by atoms with Crippen molar-refractivity contribution in [2.75, 3.05) is 6.54 Å². The number of hydrogen-bond donors (Lipinski definition) is 0. The monoisotopic (exact) mass is 388 g/mol. The summed E-state index contributed by atoms with van der Waals surface area (Å²) in [6, 6.07) is 11.0. The molecular formula is C19H17ClN2O5. The van der Waals surface area contributed by atoms with Gasteiger partial charge in [-0.15, -0.1) is 0 Å². The number of carbonyl (C=O) groups is 2. The van der Waals surface area contributed by atoms with Gasteiger partial charge in [-0.05, 0) is 23.6 Å². The van der Waals surface area contributed by atoms with Gasteiger partial charge >= 0.3 is 5.97 Å². The summed E-state index contributed by atoms with van der Waals surface area (Å²) in [5.41, 5.74) is 1.77. The minimum absolute atomic E-state index is 0.0226. The zero-order valence-corrected chi connectivity index (χ0v) is 15.3. The van der Waals surface area contributed by atoms with E-state index in [9.17, 15) is 19.7 Å². The fraction of sp³-hybridized carbons (Fsp3) is 0.263. The first-order valence-corrected chi connectivity index (χ1v) is 8.74. The van der Waals surface area contributed by atoms with Crippen LogP contribution in [0.25, 0.3) is 0 Å². The Bertz CT molecular complexity index is 915. The summed E-state index contributed by atoms with van der Waals surface area (Å²) < 4.78 is 5.29. The Balaban J connectivity index is 1.79. The van der Waals surface area contributed by atoms with E-state index >= 15 is 0 Å². The van der Waals surface area contributed by atoms with Gasteiger partial charge in [0.05, 0.1) is 17.4 Å². The summed E-state index contributed by atoms with van der Waals surface area (Å²) in [5.74, 6) is -0.539. The van der Waals surface area contributed by atoms with Crippen LogP contribution in [0.15, 0.2) is 42.5 Å². The second kappa shape index (κ2) is 7.75. The van der Waals surface area contributed by atoms with Gasteiger partial charge in [-0.25, -0.2) is 0 Å². The third-order valence-electron chi connectivity index (χ3n) is 4.52. The summed E-state index contributed by atoms with van der Waals surface area (Å²) >= 11 is 5.85. The van der Waals surface area contributed by atoms with Gasteiger partial charge in [0.1, 0.15) is 10.8 Å². The topological polar surface area (TPSA) is 89.8 Å². The predicted molar refractivity (Wildman–Crippen MR) is 98.6 cm³/mol. The maximum absolute atomic E-state index is 12.5. The van der Waals surface area contributed by atoms with Gasteiger partial charge in [0.25, 0.3) is 5.69 Å². The van der Waals surface area contributed by atoms with Crippen LogP contribution in [0.5, 0.6) is 5.75 Å². The number of halogens is 1. The van der Waals surface area contributed by atoms with Gasteiger partial charge in [0, 0.05) is 25.6 Å². The van der Waals surface area contributed by atoms with Crippen molar-refractivity contribution in [3.63, 3.8) is 0 Å². The Hall–Kier alpha value is -2.93. The lowest BCUT2D eigenvalue weighted by Crippen LogP contribution is -2.40. The molecule has 8 heteroatoms. The molecule has 27 heavy (non-hydrogen) atoms. The highest BCUT2D eigenvalue weighted by Gasteiger charge is 2.31. The molecule has 0 spiro atoms. The average molecular weight is 389 g/mol. The van der Waals surface area contributed by atoms with Crippen LogP contribution < -0.4 is 4.74 Å². The summed E-state index contributed by atoms with van der Waals surface area (Å²) in [5, 5.41) is 10.7. The van der Waals surface area contributed by atoms with Gasteiger partial charge in [0.15, 0.2) is 0 Å². The third kappa shape index (κ3) is 4.09. The molecule has 2 aromatic carbocycles. The molecule has 1 atom stereocenters. The Morgan fingerprint density at radius 3 is 2.70 bits per heavy atom. The number of carbonyl (C=O) groups excluding carboxylic acids is 2. The Kier molecular flexibility index (Phi) is 5.41. The van der Waals surface area contributed by atoms with E-state index in [0.29, 0.717) is 6.54 Å². The molecule has 0 N–H and O–H groups in total. The minimum atomic E-state index is -0.613. The van der Waals surface area contributed by atoms with E-state index in [-0.39, 0.29) is 28.8 Å². The second-order valence-electron chi connectivity index (χ2n) is 6.23. The van der Waals surface area contributed by atoms with E-state index in [0.717, 1.165) is 17.5 Å². The van der Waals surface area contributed by atoms with Crippen LogP contribution in [0, 0.1) is 10.1 Å². The van der Waals surface area contributed by atoms with Crippen molar-refractivity contribution >= 4 is 29.2 Å². The zero-order valence-electron chi connectivity index (χ0n) is 14.6. The van der Waals surface area contributed by atoms with E-state index in [2.05, 4.69) is 0 Å². The first-order chi connectivity index (χ1) is 12.9. The van der Waals surface area contributed by atoms with Crippen molar-refractivity contribution in [1.29, 1.82) is 0 Å². The molecule has 2 aromatic rings. The molecule has 1 unspecified atom stereocenters. The first kappa shape index (κ1) is 18.8. The number of amides is 1. The number of nitrogens with zero attached hydrogens (tertiary/aromatic N) is 2. The number of ether oxygens (including phenoxy) is 1. The molecule has 1 heterocycles. The number of esters is 1. The van der Waals surface area contributed by atoms with E-state index in [1.165, 1.54) is 25.1 Å². The molecule has 0 saturated heterocycles. The Labute approximate surface area is 160 Å². The number of nitro benzene ring substituents is 1. The van der Waals surface area contributed by atoms with Gasteiger partial charge < -0.3 is 9.64 Å². The summed E-state index contributed by atoms with van der Waals surface area (Å²) in [4.78, 5) is 36.3. The molecule has 3 rings (SSSR count). The molecule has 140 valence electrons. The van der Waals surface area contributed by atoms with Crippen molar-refractivity contribution in [3.05, 3.63) is 68.7 Å². The van der Waals surface area contributed by atoms with E-state index in [1.807, 2.05) is 24.3 Å². The van der Waals surface area contributed by atoms with Gasteiger partial charge in [-0.2, -0.15) is 0 Å². The largest absolute Gasteiger partial charge is 0.426 e. The normalized spacial score (nSPS) is 15.8. The van der Waals surface area contributed by atoms with Crippen LogP contribution >= 0.6 is 11.6 Å². The maximum Gasteiger partial charge on any atom is 0.313 e. The minimum Gasteiger partial charge on any atom is -0.426 e. The molecule has 0 radical (unpaired) electrons. The number of rotatable bonds is 4. The van der Waals surface area contributed by atoms with Crippen molar-refractivity contribution < 1.29 is 19.2 Å². The predicted octanol–water partition coefficient (Wildman–Crippen LogP) is 3.69. The molecule has 0 fully saturated rings. The molecule has 0 aliphatic carbocycles. The van der Waals surface area contributed by atoms with Crippen LogP contribution in [0.3, 0.4) is 0 Å².